The lowest BCUT2D eigenvalue weighted by Gasteiger charge is -2.21. The summed E-state index contributed by atoms with van der Waals surface area (Å²) in [5.74, 6) is -1.07. The van der Waals surface area contributed by atoms with Gasteiger partial charge in [-0.25, -0.2) is 9.18 Å². The van der Waals surface area contributed by atoms with Gasteiger partial charge in [-0.1, -0.05) is 12.8 Å². The molecule has 0 aromatic carbocycles. The molecule has 2 saturated carbocycles. The number of carboxylic acids is 1. The Labute approximate surface area is 70.8 Å². The number of carboxylic acid groups (broad SMARTS) is 1. The van der Waals surface area contributed by atoms with E-state index in [-0.39, 0.29) is 12.3 Å². The van der Waals surface area contributed by atoms with Crippen LogP contribution in [0, 0.1) is 11.8 Å². The highest BCUT2D eigenvalue weighted by Gasteiger charge is 2.55. The third kappa shape index (κ3) is 0.883. The monoisotopic (exact) mass is 172 g/mol. The van der Waals surface area contributed by atoms with Gasteiger partial charge in [0.05, 0.1) is 0 Å². The van der Waals surface area contributed by atoms with E-state index in [4.69, 9.17) is 5.11 Å². The summed E-state index contributed by atoms with van der Waals surface area (Å²) >= 11 is 0. The Morgan fingerprint density at radius 1 is 1.42 bits per heavy atom. The third-order valence-corrected chi connectivity index (χ3v) is 3.48. The van der Waals surface area contributed by atoms with Crippen LogP contribution in [0.2, 0.25) is 0 Å². The third-order valence-electron chi connectivity index (χ3n) is 3.48. The molecule has 12 heavy (non-hydrogen) atoms. The van der Waals surface area contributed by atoms with E-state index in [1.54, 1.807) is 0 Å². The zero-order chi connectivity index (χ0) is 8.77. The molecule has 0 radical (unpaired) electrons. The summed E-state index contributed by atoms with van der Waals surface area (Å²) in [4.78, 5) is 10.7. The molecule has 2 rings (SSSR count). The fraction of sp³-hybridized carbons (Fsp3) is 0.889. The summed E-state index contributed by atoms with van der Waals surface area (Å²) < 4.78 is 13.8. The molecule has 0 aliphatic heterocycles. The highest BCUT2D eigenvalue weighted by molar-refractivity contribution is 5.78. The number of hydrogen-bond donors (Lipinski definition) is 1. The van der Waals surface area contributed by atoms with Crippen molar-refractivity contribution < 1.29 is 14.3 Å². The second-order valence-electron chi connectivity index (χ2n) is 4.00. The molecule has 0 saturated heterocycles. The van der Waals surface area contributed by atoms with E-state index in [1.807, 2.05) is 0 Å². The topological polar surface area (TPSA) is 37.3 Å². The van der Waals surface area contributed by atoms with Gasteiger partial charge >= 0.3 is 5.97 Å². The number of halogens is 1. The fourth-order valence-corrected chi connectivity index (χ4v) is 2.83. The minimum absolute atomic E-state index is 0.185. The quantitative estimate of drug-likeness (QED) is 0.656. The summed E-state index contributed by atoms with van der Waals surface area (Å²) in [6.07, 6.45) is 3.82. The van der Waals surface area contributed by atoms with Crippen molar-refractivity contribution in [1.29, 1.82) is 0 Å². The van der Waals surface area contributed by atoms with Crippen molar-refractivity contribution in [2.45, 2.75) is 37.8 Å². The summed E-state index contributed by atoms with van der Waals surface area (Å²) in [5, 5.41) is 8.74. The van der Waals surface area contributed by atoms with Crippen LogP contribution in [0.5, 0.6) is 0 Å². The van der Waals surface area contributed by atoms with Crippen molar-refractivity contribution in [3.8, 4) is 0 Å². The smallest absolute Gasteiger partial charge is 0.341 e. The van der Waals surface area contributed by atoms with E-state index >= 15 is 0 Å². The minimum Gasteiger partial charge on any atom is -0.479 e. The largest absolute Gasteiger partial charge is 0.479 e. The van der Waals surface area contributed by atoms with Crippen LogP contribution in [-0.2, 0) is 4.79 Å². The molecule has 68 valence electrons. The molecule has 2 aliphatic carbocycles. The molecule has 3 unspecified atom stereocenters. The van der Waals surface area contributed by atoms with Crippen LogP contribution in [0.3, 0.4) is 0 Å². The Balaban J connectivity index is 2.22. The summed E-state index contributed by atoms with van der Waals surface area (Å²) in [6, 6.07) is 0. The Hall–Kier alpha value is -0.600. The van der Waals surface area contributed by atoms with Gasteiger partial charge in [-0.3, -0.25) is 0 Å². The standard InChI is InChI=1S/C9H13FO2/c10-9(8(11)12)5-4-6-2-1-3-7(6)9/h6-7H,1-5H2,(H,11,12). The maximum absolute atomic E-state index is 13.8. The molecule has 3 atom stereocenters. The Morgan fingerprint density at radius 3 is 2.83 bits per heavy atom. The lowest BCUT2D eigenvalue weighted by atomic mass is 9.89. The van der Waals surface area contributed by atoms with Crippen LogP contribution in [0.15, 0.2) is 0 Å². The highest BCUT2D eigenvalue weighted by atomic mass is 19.1. The summed E-state index contributed by atoms with van der Waals surface area (Å²) in [6.45, 7) is 0. The van der Waals surface area contributed by atoms with E-state index in [1.165, 1.54) is 0 Å². The van der Waals surface area contributed by atoms with Crippen molar-refractivity contribution in [3.05, 3.63) is 0 Å². The molecule has 0 heterocycles. The maximum Gasteiger partial charge on any atom is 0.341 e. The first-order valence-corrected chi connectivity index (χ1v) is 4.57. The first-order chi connectivity index (χ1) is 5.64. The number of rotatable bonds is 1. The van der Waals surface area contributed by atoms with E-state index in [9.17, 15) is 9.18 Å². The Kier molecular flexibility index (Phi) is 1.63. The number of carbonyl (C=O) groups is 1. The van der Waals surface area contributed by atoms with Gasteiger partial charge in [0.25, 0.3) is 0 Å². The normalized spacial score (nSPS) is 46.1. The zero-order valence-corrected chi connectivity index (χ0v) is 6.92. The van der Waals surface area contributed by atoms with Gasteiger partial charge in [0.1, 0.15) is 0 Å². The van der Waals surface area contributed by atoms with Crippen molar-refractivity contribution >= 4 is 5.97 Å². The number of alkyl halides is 1. The van der Waals surface area contributed by atoms with Crippen LogP contribution < -0.4 is 0 Å². The molecule has 0 aromatic heterocycles. The number of fused-ring (bicyclic) bond motifs is 1. The molecule has 2 aliphatic rings. The van der Waals surface area contributed by atoms with Crippen LogP contribution in [-0.4, -0.2) is 16.7 Å². The molecular formula is C9H13FO2. The van der Waals surface area contributed by atoms with Gasteiger partial charge in [0, 0.05) is 5.92 Å². The van der Waals surface area contributed by atoms with Crippen molar-refractivity contribution in [2.24, 2.45) is 11.8 Å². The zero-order valence-electron chi connectivity index (χ0n) is 6.92. The predicted molar refractivity (Wildman–Crippen MR) is 41.5 cm³/mol. The van der Waals surface area contributed by atoms with Crippen LogP contribution in [0.25, 0.3) is 0 Å². The van der Waals surface area contributed by atoms with Crippen LogP contribution in [0.1, 0.15) is 32.1 Å². The van der Waals surface area contributed by atoms with E-state index in [2.05, 4.69) is 0 Å². The lowest BCUT2D eigenvalue weighted by molar-refractivity contribution is -0.153. The second-order valence-corrected chi connectivity index (χ2v) is 4.00. The first-order valence-electron chi connectivity index (χ1n) is 4.57. The molecule has 0 amide bonds. The molecule has 1 N–H and O–H groups in total. The van der Waals surface area contributed by atoms with E-state index in [0.29, 0.717) is 5.92 Å². The van der Waals surface area contributed by atoms with Crippen LogP contribution >= 0.6 is 0 Å². The van der Waals surface area contributed by atoms with Gasteiger partial charge in [0.15, 0.2) is 0 Å². The van der Waals surface area contributed by atoms with Gasteiger partial charge in [-0.05, 0) is 25.2 Å². The first kappa shape index (κ1) is 8.02. The van der Waals surface area contributed by atoms with Crippen molar-refractivity contribution in [3.63, 3.8) is 0 Å². The summed E-state index contributed by atoms with van der Waals surface area (Å²) in [7, 11) is 0. The average molecular weight is 172 g/mol. The molecule has 0 aromatic rings. The second kappa shape index (κ2) is 2.44. The lowest BCUT2D eigenvalue weighted by Crippen LogP contribution is -2.37. The van der Waals surface area contributed by atoms with Crippen molar-refractivity contribution in [2.75, 3.05) is 0 Å². The van der Waals surface area contributed by atoms with Gasteiger partial charge in [0.2, 0.25) is 5.67 Å². The molecule has 2 nitrogen and oxygen atoms in total. The Bertz CT molecular complexity index is 217. The predicted octanol–water partition coefficient (Wildman–Crippen LogP) is 1.99. The highest BCUT2D eigenvalue weighted by Crippen LogP contribution is 2.51. The van der Waals surface area contributed by atoms with Crippen molar-refractivity contribution in [1.82, 2.24) is 0 Å². The maximum atomic E-state index is 13.8. The molecule has 3 heteroatoms. The number of hydrogen-bond acceptors (Lipinski definition) is 1. The number of aliphatic carboxylic acids is 1. The molecule has 0 bridgehead atoms. The SMILES string of the molecule is O=C(O)C1(F)CCC2CCCC21. The van der Waals surface area contributed by atoms with Gasteiger partial charge in [-0.15, -0.1) is 0 Å². The fourth-order valence-electron chi connectivity index (χ4n) is 2.83. The van der Waals surface area contributed by atoms with Gasteiger partial charge in [-0.2, -0.15) is 0 Å². The van der Waals surface area contributed by atoms with E-state index in [0.717, 1.165) is 25.7 Å². The molecule has 0 spiro atoms. The summed E-state index contributed by atoms with van der Waals surface area (Å²) in [5.41, 5.74) is -1.89. The average Bonchev–Trinajstić information content (AvgIpc) is 2.54. The Morgan fingerprint density at radius 2 is 2.17 bits per heavy atom. The minimum atomic E-state index is -1.89. The van der Waals surface area contributed by atoms with Gasteiger partial charge < -0.3 is 5.11 Å². The van der Waals surface area contributed by atoms with E-state index < -0.39 is 11.6 Å². The molecule has 2 fully saturated rings. The van der Waals surface area contributed by atoms with Crippen LogP contribution in [0.4, 0.5) is 4.39 Å². The molecular weight excluding hydrogens is 159 g/mol.